The van der Waals surface area contributed by atoms with Crippen molar-refractivity contribution in [3.05, 3.63) is 47.0 Å². The van der Waals surface area contributed by atoms with Crippen molar-refractivity contribution in [3.63, 3.8) is 0 Å². The molecule has 0 aliphatic carbocycles. The zero-order valence-corrected chi connectivity index (χ0v) is 17.3. The Morgan fingerprint density at radius 2 is 1.86 bits per heavy atom. The van der Waals surface area contributed by atoms with Gasteiger partial charge in [0.15, 0.2) is 5.78 Å². The van der Waals surface area contributed by atoms with Crippen molar-refractivity contribution in [1.82, 2.24) is 0 Å². The number of anilines is 1. The normalized spacial score (nSPS) is 11.9. The first kappa shape index (κ1) is 21.7. The number of carbonyl (C=O) groups excluding carboxylic acids is 2. The first-order valence-corrected chi connectivity index (χ1v) is 8.90. The van der Waals surface area contributed by atoms with Crippen LogP contribution >= 0.6 is 23.4 Å². The van der Waals surface area contributed by atoms with Crippen LogP contribution < -0.4 is 13.9 Å². The van der Waals surface area contributed by atoms with E-state index in [1.165, 1.54) is 27.2 Å². The number of aryl methyl sites for hydroxylation is 1. The number of hydrogen-bond donors (Lipinski definition) is 0. The second kappa shape index (κ2) is 9.52. The van der Waals surface area contributed by atoms with Gasteiger partial charge in [-0.15, -0.1) is 0 Å². The van der Waals surface area contributed by atoms with Gasteiger partial charge in [0.05, 0.1) is 19.2 Å². The average Bonchev–Trinajstić information content (AvgIpc) is 2.69. The van der Waals surface area contributed by atoms with E-state index in [0.717, 1.165) is 9.98 Å². The number of carbonyl (C=O) groups is 2. The molecular weight excluding hydrogens is 405 g/mol. The lowest BCUT2D eigenvalue weighted by Crippen LogP contribution is -2.36. The predicted octanol–water partition coefficient (Wildman–Crippen LogP) is 4.89. The minimum Gasteiger partial charge on any atom is -0.497 e. The molecule has 0 heterocycles. The van der Waals surface area contributed by atoms with E-state index in [4.69, 9.17) is 32.9 Å². The van der Waals surface area contributed by atoms with E-state index in [1.54, 1.807) is 24.3 Å². The summed E-state index contributed by atoms with van der Waals surface area (Å²) in [6, 6.07) is 8.47. The van der Waals surface area contributed by atoms with E-state index in [0.29, 0.717) is 22.2 Å². The molecule has 0 aliphatic heterocycles. The van der Waals surface area contributed by atoms with Gasteiger partial charge in [-0.25, -0.2) is 4.42 Å². The highest BCUT2D eigenvalue weighted by molar-refractivity contribution is 6.39. The lowest BCUT2D eigenvalue weighted by molar-refractivity contribution is -0.126. The molecule has 0 saturated carbocycles. The summed E-state index contributed by atoms with van der Waals surface area (Å²) in [6.45, 7) is 3.04. The summed E-state index contributed by atoms with van der Waals surface area (Å²) in [5.74, 6) is -0.473. The van der Waals surface area contributed by atoms with Crippen LogP contribution in [0.3, 0.4) is 0 Å². The Kier molecular flexibility index (Phi) is 7.37. The second-order valence-corrected chi connectivity index (χ2v) is 6.51. The number of nitrogens with zero attached hydrogens (tertiary/aromatic N) is 3. The van der Waals surface area contributed by atoms with Gasteiger partial charge >= 0.3 is 0 Å². The first-order chi connectivity index (χ1) is 13.3. The number of Topliss-reactive ketones (excluding diaryl/α,β-unsaturated/α-hetero) is 1. The van der Waals surface area contributed by atoms with Crippen LogP contribution in [0.1, 0.15) is 12.5 Å². The van der Waals surface area contributed by atoms with Gasteiger partial charge in [0, 0.05) is 17.8 Å². The predicted molar refractivity (Wildman–Crippen MR) is 108 cm³/mol. The molecule has 148 valence electrons. The van der Waals surface area contributed by atoms with E-state index < -0.39 is 17.7 Å². The Morgan fingerprint density at radius 3 is 2.46 bits per heavy atom. The molecule has 0 fully saturated rings. The van der Waals surface area contributed by atoms with E-state index in [2.05, 4.69) is 10.2 Å². The molecule has 2 aromatic rings. The van der Waals surface area contributed by atoms with E-state index >= 15 is 0 Å². The number of ether oxygens (including phenoxy) is 2. The summed E-state index contributed by atoms with van der Waals surface area (Å²) in [5, 5.41) is 8.24. The number of amides is 1. The van der Waals surface area contributed by atoms with Crippen LogP contribution in [-0.4, -0.2) is 32.0 Å². The zero-order valence-electron chi connectivity index (χ0n) is 15.8. The lowest BCUT2D eigenvalue weighted by atomic mass is 10.2. The largest absolute Gasteiger partial charge is 0.497 e. The topological polar surface area (TPSA) is 80.6 Å². The highest BCUT2D eigenvalue weighted by atomic mass is 35.5. The van der Waals surface area contributed by atoms with Gasteiger partial charge in [0.1, 0.15) is 22.9 Å². The maximum Gasteiger partial charge on any atom is 0.276 e. The molecular formula is C19H19Cl2N3O4. The summed E-state index contributed by atoms with van der Waals surface area (Å²) in [5.41, 5.74) is 1.39. The third-order valence-corrected chi connectivity index (χ3v) is 4.70. The fourth-order valence-electron chi connectivity index (χ4n) is 2.31. The summed E-state index contributed by atoms with van der Waals surface area (Å²) in [7, 11) is 2.93. The van der Waals surface area contributed by atoms with E-state index in [1.807, 2.05) is 13.0 Å². The summed E-state index contributed by atoms with van der Waals surface area (Å²) >= 11 is 12.4. The number of hydrogen-bond acceptors (Lipinski definition) is 6. The summed E-state index contributed by atoms with van der Waals surface area (Å²) in [6.07, 6.45) is 0. The number of benzene rings is 2. The number of ketones is 1. The molecule has 0 saturated heterocycles. The Hall–Kier alpha value is -2.64. The Morgan fingerprint density at radius 1 is 1.14 bits per heavy atom. The maximum absolute atomic E-state index is 12.8. The van der Waals surface area contributed by atoms with E-state index in [-0.39, 0.29) is 5.69 Å². The van der Waals surface area contributed by atoms with Crippen molar-refractivity contribution in [3.8, 4) is 11.5 Å². The van der Waals surface area contributed by atoms with Gasteiger partial charge in [0.2, 0.25) is 6.04 Å². The molecule has 1 atom stereocenters. The molecule has 1 unspecified atom stereocenters. The minimum absolute atomic E-state index is 0.241. The summed E-state index contributed by atoms with van der Waals surface area (Å²) < 4.78 is 11.1. The molecule has 0 N–H and O–H groups in total. The van der Waals surface area contributed by atoms with Crippen LogP contribution in [0.4, 0.5) is 11.4 Å². The molecule has 7 nitrogen and oxygen atoms in total. The van der Waals surface area contributed by atoms with Gasteiger partial charge in [-0.2, -0.15) is 10.2 Å². The fraction of sp³-hybridized carbons (Fsp3) is 0.263. The molecule has 2 aromatic carbocycles. The Bertz CT molecular complexity index is 918. The summed E-state index contributed by atoms with van der Waals surface area (Å²) in [4.78, 5) is 24.8. The molecule has 0 bridgehead atoms. The van der Waals surface area contributed by atoms with E-state index in [9.17, 15) is 9.59 Å². The van der Waals surface area contributed by atoms with Crippen LogP contribution in [0, 0.1) is 6.92 Å². The number of halogens is 2. The molecule has 0 aromatic heterocycles. The van der Waals surface area contributed by atoms with Crippen LogP contribution in [0.15, 0.2) is 46.6 Å². The monoisotopic (exact) mass is 423 g/mol. The number of rotatable bonds is 7. The Labute approximate surface area is 173 Å². The third-order valence-electron chi connectivity index (χ3n) is 3.86. The fourth-order valence-corrected chi connectivity index (χ4v) is 2.70. The molecule has 9 heteroatoms. The Balaban J connectivity index is 2.33. The van der Waals surface area contributed by atoms with Crippen LogP contribution in [0.2, 0.25) is 5.02 Å². The van der Waals surface area contributed by atoms with Crippen molar-refractivity contribution >= 4 is 46.4 Å². The second-order valence-electron chi connectivity index (χ2n) is 5.79. The van der Waals surface area contributed by atoms with Gasteiger partial charge in [-0.1, -0.05) is 23.7 Å². The van der Waals surface area contributed by atoms with Crippen molar-refractivity contribution < 1.29 is 19.1 Å². The van der Waals surface area contributed by atoms with Gasteiger partial charge < -0.3 is 9.47 Å². The van der Waals surface area contributed by atoms with Crippen molar-refractivity contribution in [2.75, 3.05) is 18.6 Å². The smallest absolute Gasteiger partial charge is 0.276 e. The van der Waals surface area contributed by atoms with Gasteiger partial charge in [0.25, 0.3) is 5.91 Å². The third kappa shape index (κ3) is 4.79. The SMILES string of the molecule is COc1ccc(N(Cl)C(=O)C(N=Nc2cccc(C)c2Cl)C(C)=O)c(OC)c1. The van der Waals surface area contributed by atoms with Crippen LogP contribution in [0.25, 0.3) is 0 Å². The first-order valence-electron chi connectivity index (χ1n) is 8.18. The van der Waals surface area contributed by atoms with Gasteiger partial charge in [-0.3, -0.25) is 9.59 Å². The minimum atomic E-state index is -1.43. The van der Waals surface area contributed by atoms with Crippen molar-refractivity contribution in [1.29, 1.82) is 0 Å². The highest BCUT2D eigenvalue weighted by Gasteiger charge is 2.30. The molecule has 28 heavy (non-hydrogen) atoms. The number of methoxy groups -OCH3 is 2. The van der Waals surface area contributed by atoms with Crippen molar-refractivity contribution in [2.24, 2.45) is 10.2 Å². The standard InChI is InChI=1S/C19H19Cl2N3O4/c1-11-6-5-7-14(17(11)20)22-23-18(12(2)25)19(26)24(21)15-9-8-13(27-3)10-16(15)28-4/h5-10,18H,1-4H3. The molecule has 2 rings (SSSR count). The molecule has 0 radical (unpaired) electrons. The van der Waals surface area contributed by atoms with Crippen LogP contribution in [0.5, 0.6) is 11.5 Å². The number of azo groups is 1. The lowest BCUT2D eigenvalue weighted by Gasteiger charge is -2.19. The highest BCUT2D eigenvalue weighted by Crippen LogP contribution is 2.34. The quantitative estimate of drug-likeness (QED) is 0.360. The van der Waals surface area contributed by atoms with Gasteiger partial charge in [-0.05, 0) is 37.6 Å². The maximum atomic E-state index is 12.8. The zero-order chi connectivity index (χ0) is 20.8. The van der Waals surface area contributed by atoms with Crippen molar-refractivity contribution in [2.45, 2.75) is 19.9 Å². The van der Waals surface area contributed by atoms with Crippen LogP contribution in [-0.2, 0) is 9.59 Å². The molecule has 1 amide bonds. The molecule has 0 spiro atoms. The average molecular weight is 424 g/mol. The molecule has 0 aliphatic rings.